The Morgan fingerprint density at radius 2 is 1.81 bits per heavy atom. The Bertz CT molecular complexity index is 869. The summed E-state index contributed by atoms with van der Waals surface area (Å²) in [6.07, 6.45) is 1.08. The summed E-state index contributed by atoms with van der Waals surface area (Å²) in [5.74, 6) is 0.255. The predicted octanol–water partition coefficient (Wildman–Crippen LogP) is 3.10. The van der Waals surface area contributed by atoms with Crippen molar-refractivity contribution in [3.63, 3.8) is 0 Å². The molecule has 0 radical (unpaired) electrons. The number of ether oxygens (including phenoxy) is 1. The van der Waals surface area contributed by atoms with Crippen molar-refractivity contribution >= 4 is 37.5 Å². The Balaban J connectivity index is 2.16. The number of halogens is 1. The summed E-state index contributed by atoms with van der Waals surface area (Å²) in [5.41, 5.74) is 1.24. The van der Waals surface area contributed by atoms with Crippen molar-refractivity contribution in [1.29, 1.82) is 0 Å². The first-order chi connectivity index (χ1) is 12.2. The third kappa shape index (κ3) is 5.22. The van der Waals surface area contributed by atoms with Crippen molar-refractivity contribution in [3.8, 4) is 5.75 Å². The van der Waals surface area contributed by atoms with Crippen LogP contribution in [-0.2, 0) is 14.8 Å². The molecule has 26 heavy (non-hydrogen) atoms. The first kappa shape index (κ1) is 20.3. The fourth-order valence-electron chi connectivity index (χ4n) is 2.53. The molecule has 0 saturated carbocycles. The number of amides is 1. The van der Waals surface area contributed by atoms with Crippen LogP contribution in [0.25, 0.3) is 0 Å². The molecule has 0 fully saturated rings. The van der Waals surface area contributed by atoms with Crippen LogP contribution in [0, 0.1) is 0 Å². The topological polar surface area (TPSA) is 75.7 Å². The van der Waals surface area contributed by atoms with E-state index < -0.39 is 15.9 Å². The number of benzene rings is 2. The average Bonchev–Trinajstić information content (AvgIpc) is 2.59. The van der Waals surface area contributed by atoms with E-state index in [4.69, 9.17) is 4.74 Å². The van der Waals surface area contributed by atoms with Gasteiger partial charge in [-0.3, -0.25) is 9.10 Å². The van der Waals surface area contributed by atoms with Gasteiger partial charge in [0.1, 0.15) is 12.3 Å². The molecule has 2 rings (SSSR count). The second kappa shape index (κ2) is 8.55. The zero-order chi connectivity index (χ0) is 19.3. The molecule has 0 aromatic heterocycles. The maximum atomic E-state index is 12.5. The highest BCUT2D eigenvalue weighted by molar-refractivity contribution is 9.10. The lowest BCUT2D eigenvalue weighted by Gasteiger charge is -2.23. The van der Waals surface area contributed by atoms with Gasteiger partial charge in [0, 0.05) is 10.0 Å². The van der Waals surface area contributed by atoms with E-state index in [2.05, 4.69) is 21.2 Å². The fourth-order valence-corrected chi connectivity index (χ4v) is 3.65. The van der Waals surface area contributed by atoms with Crippen molar-refractivity contribution in [2.24, 2.45) is 0 Å². The van der Waals surface area contributed by atoms with Crippen LogP contribution in [-0.4, -0.2) is 34.2 Å². The number of carbonyl (C=O) groups excluding carboxylic acids is 1. The molecule has 140 valence electrons. The largest absolute Gasteiger partial charge is 0.496 e. The number of hydrogen-bond acceptors (Lipinski definition) is 4. The molecule has 0 aliphatic rings. The lowest BCUT2D eigenvalue weighted by Crippen LogP contribution is -2.41. The van der Waals surface area contributed by atoms with Crippen molar-refractivity contribution in [2.45, 2.75) is 13.0 Å². The van der Waals surface area contributed by atoms with Crippen LogP contribution in [0.15, 0.2) is 53.0 Å². The van der Waals surface area contributed by atoms with Gasteiger partial charge < -0.3 is 10.1 Å². The van der Waals surface area contributed by atoms with Crippen molar-refractivity contribution in [2.75, 3.05) is 24.2 Å². The summed E-state index contributed by atoms with van der Waals surface area (Å²) in [5, 5.41) is 2.82. The first-order valence-corrected chi connectivity index (χ1v) is 10.5. The molecule has 0 spiro atoms. The van der Waals surface area contributed by atoms with E-state index >= 15 is 0 Å². The van der Waals surface area contributed by atoms with Gasteiger partial charge in [0.25, 0.3) is 0 Å². The number of rotatable bonds is 7. The van der Waals surface area contributed by atoms with Gasteiger partial charge >= 0.3 is 0 Å². The Kier molecular flexibility index (Phi) is 6.66. The molecule has 8 heteroatoms. The van der Waals surface area contributed by atoms with Gasteiger partial charge in [-0.05, 0) is 37.3 Å². The number of nitrogens with one attached hydrogen (secondary N) is 1. The average molecular weight is 441 g/mol. The molecule has 1 N–H and O–H groups in total. The summed E-state index contributed by atoms with van der Waals surface area (Å²) < 4.78 is 31.4. The van der Waals surface area contributed by atoms with Crippen LogP contribution < -0.4 is 14.4 Å². The Hall–Kier alpha value is -2.06. The summed E-state index contributed by atoms with van der Waals surface area (Å²) >= 11 is 3.31. The van der Waals surface area contributed by atoms with E-state index in [0.717, 1.165) is 20.6 Å². The molecular weight excluding hydrogens is 420 g/mol. The normalized spacial score (nSPS) is 12.3. The third-order valence-corrected chi connectivity index (χ3v) is 5.45. The highest BCUT2D eigenvalue weighted by Gasteiger charge is 2.22. The van der Waals surface area contributed by atoms with Gasteiger partial charge in [-0.15, -0.1) is 0 Å². The van der Waals surface area contributed by atoms with Gasteiger partial charge in [-0.2, -0.15) is 0 Å². The van der Waals surface area contributed by atoms with Crippen molar-refractivity contribution in [1.82, 2.24) is 5.32 Å². The Morgan fingerprint density at radius 1 is 1.19 bits per heavy atom. The fraction of sp³-hybridized carbons (Fsp3) is 0.278. The van der Waals surface area contributed by atoms with Crippen LogP contribution in [0.5, 0.6) is 5.75 Å². The van der Waals surface area contributed by atoms with Crippen LogP contribution in [0.1, 0.15) is 18.5 Å². The van der Waals surface area contributed by atoms with Crippen LogP contribution >= 0.6 is 15.9 Å². The molecule has 0 heterocycles. The molecule has 0 aliphatic carbocycles. The number of carbonyl (C=O) groups is 1. The van der Waals surface area contributed by atoms with E-state index in [1.807, 2.05) is 31.2 Å². The molecule has 1 unspecified atom stereocenters. The number of hydrogen-bond donors (Lipinski definition) is 1. The standard InChI is InChI=1S/C18H21BrN2O4S/c1-13(16-6-4-5-7-17(16)25-2)20-18(22)12-21(26(3,23)24)15-10-8-14(19)9-11-15/h4-11,13H,12H2,1-3H3,(H,20,22). The van der Waals surface area contributed by atoms with Crippen molar-refractivity contribution in [3.05, 3.63) is 58.6 Å². The Labute approximate surface area is 162 Å². The molecule has 0 aliphatic heterocycles. The minimum absolute atomic E-state index is 0.306. The van der Waals surface area contributed by atoms with Gasteiger partial charge in [0.2, 0.25) is 15.9 Å². The Morgan fingerprint density at radius 3 is 2.38 bits per heavy atom. The van der Waals surface area contributed by atoms with E-state index in [0.29, 0.717) is 11.4 Å². The van der Waals surface area contributed by atoms with Crippen LogP contribution in [0.2, 0.25) is 0 Å². The highest BCUT2D eigenvalue weighted by atomic mass is 79.9. The number of para-hydroxylation sites is 1. The minimum Gasteiger partial charge on any atom is -0.496 e. The highest BCUT2D eigenvalue weighted by Crippen LogP contribution is 2.25. The molecule has 2 aromatic carbocycles. The second-order valence-corrected chi connectivity index (χ2v) is 8.60. The summed E-state index contributed by atoms with van der Waals surface area (Å²) in [6, 6.07) is 13.8. The molecule has 6 nitrogen and oxygen atoms in total. The second-order valence-electron chi connectivity index (χ2n) is 5.78. The van der Waals surface area contributed by atoms with Gasteiger partial charge in [0.15, 0.2) is 0 Å². The molecular formula is C18H21BrN2O4S. The maximum absolute atomic E-state index is 12.5. The van der Waals surface area contributed by atoms with E-state index in [9.17, 15) is 13.2 Å². The maximum Gasteiger partial charge on any atom is 0.241 e. The minimum atomic E-state index is -3.61. The molecule has 1 amide bonds. The lowest BCUT2D eigenvalue weighted by molar-refractivity contribution is -0.120. The molecule has 0 saturated heterocycles. The number of methoxy groups -OCH3 is 1. The third-order valence-electron chi connectivity index (χ3n) is 3.79. The number of nitrogens with zero attached hydrogens (tertiary/aromatic N) is 1. The zero-order valence-electron chi connectivity index (χ0n) is 14.8. The number of anilines is 1. The smallest absolute Gasteiger partial charge is 0.241 e. The molecule has 1 atom stereocenters. The number of sulfonamides is 1. The van der Waals surface area contributed by atoms with E-state index in [-0.39, 0.29) is 12.6 Å². The van der Waals surface area contributed by atoms with Crippen molar-refractivity contribution < 1.29 is 17.9 Å². The predicted molar refractivity (Wildman–Crippen MR) is 106 cm³/mol. The zero-order valence-corrected chi connectivity index (χ0v) is 17.2. The lowest BCUT2D eigenvalue weighted by atomic mass is 10.1. The van der Waals surface area contributed by atoms with Gasteiger partial charge in [0.05, 0.1) is 25.1 Å². The summed E-state index contributed by atoms with van der Waals surface area (Å²) in [7, 11) is -2.04. The SMILES string of the molecule is COc1ccccc1C(C)NC(=O)CN(c1ccc(Br)cc1)S(C)(=O)=O. The van der Waals surface area contributed by atoms with Crippen LogP contribution in [0.3, 0.4) is 0 Å². The van der Waals surface area contributed by atoms with Gasteiger partial charge in [-0.1, -0.05) is 34.1 Å². The molecule has 0 bridgehead atoms. The summed E-state index contributed by atoms with van der Waals surface area (Å²) in [6.45, 7) is 1.51. The van der Waals surface area contributed by atoms with Gasteiger partial charge in [-0.25, -0.2) is 8.42 Å². The monoisotopic (exact) mass is 440 g/mol. The van der Waals surface area contributed by atoms with Crippen LogP contribution in [0.4, 0.5) is 5.69 Å². The first-order valence-electron chi connectivity index (χ1n) is 7.88. The van der Waals surface area contributed by atoms with E-state index in [1.165, 1.54) is 0 Å². The van der Waals surface area contributed by atoms with E-state index in [1.54, 1.807) is 31.4 Å². The molecule has 2 aromatic rings. The summed E-state index contributed by atoms with van der Waals surface area (Å²) in [4.78, 5) is 12.5. The quantitative estimate of drug-likeness (QED) is 0.717.